The van der Waals surface area contributed by atoms with Crippen LogP contribution in [-0.2, 0) is 28.6 Å². The number of carbonyl (C=O) groups excluding carboxylic acids is 3. The second-order valence-corrected chi connectivity index (χ2v) is 8.11. The molecule has 178 valence electrons. The van der Waals surface area contributed by atoms with Gasteiger partial charge in [0.25, 0.3) is 0 Å². The Morgan fingerprint density at radius 3 is 2.53 bits per heavy atom. The zero-order valence-electron chi connectivity index (χ0n) is 19.9. The molecule has 1 aliphatic rings. The quantitative estimate of drug-likeness (QED) is 0.117. The molecule has 6 nitrogen and oxygen atoms in total. The van der Waals surface area contributed by atoms with Crippen molar-refractivity contribution in [3.8, 4) is 0 Å². The molecule has 0 bridgehead atoms. The number of esters is 3. The number of ether oxygens (including phenoxy) is 3. The molecule has 0 saturated carbocycles. The first-order valence-electron chi connectivity index (χ1n) is 11.7. The highest BCUT2D eigenvalue weighted by Crippen LogP contribution is 2.16. The first kappa shape index (κ1) is 27.4. The van der Waals surface area contributed by atoms with Gasteiger partial charge in [-0.25, -0.2) is 14.4 Å². The Morgan fingerprint density at radius 2 is 1.81 bits per heavy atom. The fourth-order valence-electron chi connectivity index (χ4n) is 3.17. The third-order valence-electron chi connectivity index (χ3n) is 4.96. The van der Waals surface area contributed by atoms with Crippen LogP contribution in [0.1, 0.15) is 72.6 Å². The summed E-state index contributed by atoms with van der Waals surface area (Å²) < 4.78 is 15.6. The van der Waals surface area contributed by atoms with E-state index in [9.17, 15) is 14.4 Å². The van der Waals surface area contributed by atoms with Crippen molar-refractivity contribution in [2.75, 3.05) is 6.61 Å². The summed E-state index contributed by atoms with van der Waals surface area (Å²) in [5.41, 5.74) is 0.988. The van der Waals surface area contributed by atoms with E-state index in [4.69, 9.17) is 14.2 Å². The molecule has 3 atom stereocenters. The third-order valence-corrected chi connectivity index (χ3v) is 4.96. The molecule has 32 heavy (non-hydrogen) atoms. The Hall–Kier alpha value is -2.63. The summed E-state index contributed by atoms with van der Waals surface area (Å²) >= 11 is 0. The van der Waals surface area contributed by atoms with Gasteiger partial charge in [-0.05, 0) is 37.8 Å². The Balaban J connectivity index is 2.59. The average Bonchev–Trinajstić information content (AvgIpc) is 2.75. The largest absolute Gasteiger partial charge is 0.463 e. The molecule has 0 saturated heterocycles. The van der Waals surface area contributed by atoms with E-state index in [1.807, 2.05) is 13.8 Å². The van der Waals surface area contributed by atoms with E-state index in [1.54, 1.807) is 6.08 Å². The topological polar surface area (TPSA) is 78.9 Å². The third kappa shape index (κ3) is 12.3. The van der Waals surface area contributed by atoms with Gasteiger partial charge in [0.1, 0.15) is 0 Å². The Morgan fingerprint density at radius 1 is 1.06 bits per heavy atom. The molecule has 0 N–H and O–H groups in total. The van der Waals surface area contributed by atoms with E-state index in [0.717, 1.165) is 24.8 Å². The molecule has 0 aromatic heterocycles. The van der Waals surface area contributed by atoms with E-state index >= 15 is 0 Å². The van der Waals surface area contributed by atoms with Crippen LogP contribution in [0.15, 0.2) is 48.1 Å². The summed E-state index contributed by atoms with van der Waals surface area (Å²) in [6, 6.07) is 0. The zero-order chi connectivity index (χ0) is 23.8. The van der Waals surface area contributed by atoms with Crippen LogP contribution < -0.4 is 0 Å². The first-order valence-corrected chi connectivity index (χ1v) is 11.7. The number of hydrogen-bond donors (Lipinski definition) is 0. The van der Waals surface area contributed by atoms with Gasteiger partial charge in [0, 0.05) is 18.2 Å². The molecule has 0 aliphatic carbocycles. The summed E-state index contributed by atoms with van der Waals surface area (Å²) in [6.45, 7) is 8.65. The Labute approximate surface area is 192 Å². The van der Waals surface area contributed by atoms with Gasteiger partial charge in [0.2, 0.25) is 0 Å². The van der Waals surface area contributed by atoms with Crippen molar-refractivity contribution in [2.24, 2.45) is 5.92 Å². The second kappa shape index (κ2) is 16.1. The van der Waals surface area contributed by atoms with Gasteiger partial charge in [-0.15, -0.1) is 0 Å². The highest BCUT2D eigenvalue weighted by Gasteiger charge is 2.27. The van der Waals surface area contributed by atoms with Crippen molar-refractivity contribution in [3.63, 3.8) is 0 Å². The summed E-state index contributed by atoms with van der Waals surface area (Å²) in [7, 11) is 0. The average molecular weight is 447 g/mol. The number of unbranched alkanes of at least 4 members (excludes halogenated alkanes) is 4. The molecule has 0 radical (unpaired) electrons. The van der Waals surface area contributed by atoms with Gasteiger partial charge in [-0.3, -0.25) is 0 Å². The van der Waals surface area contributed by atoms with Gasteiger partial charge in [-0.1, -0.05) is 70.6 Å². The molecule has 1 unspecified atom stereocenters. The molecule has 0 amide bonds. The number of carbonyl (C=O) groups is 3. The summed E-state index contributed by atoms with van der Waals surface area (Å²) in [6.07, 6.45) is 16.5. The highest BCUT2D eigenvalue weighted by molar-refractivity contribution is 5.86. The molecule has 1 aliphatic heterocycles. The summed E-state index contributed by atoms with van der Waals surface area (Å²) in [5, 5.41) is 0. The number of hydrogen-bond acceptors (Lipinski definition) is 6. The van der Waals surface area contributed by atoms with Crippen molar-refractivity contribution < 1.29 is 28.6 Å². The lowest BCUT2D eigenvalue weighted by molar-refractivity contribution is -0.156. The van der Waals surface area contributed by atoms with Crippen LogP contribution in [0.5, 0.6) is 0 Å². The minimum Gasteiger partial charge on any atom is -0.463 e. The molecular formula is C26H38O6. The monoisotopic (exact) mass is 446 g/mol. The molecule has 0 spiro atoms. The predicted octanol–water partition coefficient (Wildman–Crippen LogP) is 5.39. The molecule has 0 fully saturated rings. The van der Waals surface area contributed by atoms with Gasteiger partial charge < -0.3 is 14.2 Å². The molecule has 1 rings (SSSR count). The maximum atomic E-state index is 12.3. The fraction of sp³-hybridized carbons (Fsp3) is 0.577. The maximum Gasteiger partial charge on any atom is 0.331 e. The van der Waals surface area contributed by atoms with Crippen molar-refractivity contribution in [3.05, 3.63) is 48.1 Å². The zero-order valence-corrected chi connectivity index (χ0v) is 19.9. The van der Waals surface area contributed by atoms with E-state index in [-0.39, 0.29) is 0 Å². The lowest BCUT2D eigenvalue weighted by Crippen LogP contribution is -2.35. The van der Waals surface area contributed by atoms with E-state index in [2.05, 4.69) is 19.9 Å². The molecule has 6 heteroatoms. The van der Waals surface area contributed by atoms with Crippen molar-refractivity contribution in [1.82, 2.24) is 0 Å². The lowest BCUT2D eigenvalue weighted by atomic mass is 10.00. The standard InChI is InChI=1S/C26H38O6/c1-5-7-9-10-11-20(3)19-21(4)12-15-25(28)31-23-14-17-26(29)32-22(23)13-16-24(27)30-18-8-6-2/h12-17,19-20,22-23H,5-11,18H2,1-4H3/b15-12+,16-13+,21-19+/t20?,22-,23-/m0/s1. The van der Waals surface area contributed by atoms with E-state index < -0.39 is 30.1 Å². The molecule has 0 aromatic rings. The van der Waals surface area contributed by atoms with Crippen LogP contribution in [0.4, 0.5) is 0 Å². The van der Waals surface area contributed by atoms with Gasteiger partial charge in [-0.2, -0.15) is 0 Å². The minimum atomic E-state index is -0.886. The highest BCUT2D eigenvalue weighted by atomic mass is 16.6. The minimum absolute atomic E-state index is 0.331. The van der Waals surface area contributed by atoms with Crippen LogP contribution in [0, 0.1) is 5.92 Å². The van der Waals surface area contributed by atoms with Gasteiger partial charge in [0.05, 0.1) is 6.61 Å². The lowest BCUT2D eigenvalue weighted by Gasteiger charge is -2.24. The summed E-state index contributed by atoms with van der Waals surface area (Å²) in [4.78, 5) is 35.6. The summed E-state index contributed by atoms with van der Waals surface area (Å²) in [5.74, 6) is -1.20. The van der Waals surface area contributed by atoms with E-state index in [0.29, 0.717) is 12.5 Å². The van der Waals surface area contributed by atoms with Gasteiger partial charge in [0.15, 0.2) is 12.2 Å². The fourth-order valence-corrected chi connectivity index (χ4v) is 3.17. The Bertz CT molecular complexity index is 716. The van der Waals surface area contributed by atoms with Crippen molar-refractivity contribution in [1.29, 1.82) is 0 Å². The number of rotatable bonds is 14. The van der Waals surface area contributed by atoms with Crippen LogP contribution in [0.2, 0.25) is 0 Å². The first-order chi connectivity index (χ1) is 15.3. The number of allylic oxidation sites excluding steroid dienone is 3. The SMILES string of the molecule is CCCCCCC(C)/C=C(C)/C=C/C(=O)O[C@H]1C=CC(=O)O[C@H]1/C=C/C(=O)OCCCC. The predicted molar refractivity (Wildman–Crippen MR) is 125 cm³/mol. The van der Waals surface area contributed by atoms with Gasteiger partial charge >= 0.3 is 17.9 Å². The maximum absolute atomic E-state index is 12.3. The molecule has 1 heterocycles. The van der Waals surface area contributed by atoms with Crippen molar-refractivity contribution >= 4 is 17.9 Å². The normalized spacial score (nSPS) is 19.9. The van der Waals surface area contributed by atoms with Crippen molar-refractivity contribution in [2.45, 2.75) is 84.8 Å². The molecular weight excluding hydrogens is 408 g/mol. The second-order valence-electron chi connectivity index (χ2n) is 8.11. The smallest absolute Gasteiger partial charge is 0.331 e. The molecule has 0 aromatic carbocycles. The van der Waals surface area contributed by atoms with Crippen LogP contribution in [-0.4, -0.2) is 36.7 Å². The van der Waals surface area contributed by atoms with Crippen LogP contribution in [0.3, 0.4) is 0 Å². The van der Waals surface area contributed by atoms with Crippen LogP contribution >= 0.6 is 0 Å². The van der Waals surface area contributed by atoms with E-state index in [1.165, 1.54) is 56.1 Å². The number of cyclic esters (lactones) is 1. The Kier molecular flexibility index (Phi) is 13.8. The van der Waals surface area contributed by atoms with Crippen LogP contribution in [0.25, 0.3) is 0 Å².